The molecule has 0 atom stereocenters. The second kappa shape index (κ2) is 10.5. The summed E-state index contributed by atoms with van der Waals surface area (Å²) < 4.78 is 46.2. The van der Waals surface area contributed by atoms with Crippen molar-refractivity contribution in [2.24, 2.45) is 5.92 Å². The highest BCUT2D eigenvalue weighted by Crippen LogP contribution is 2.31. The van der Waals surface area contributed by atoms with Crippen molar-refractivity contribution in [2.75, 3.05) is 31.6 Å². The molecule has 0 spiro atoms. The van der Waals surface area contributed by atoms with Crippen LogP contribution in [0.25, 0.3) is 0 Å². The van der Waals surface area contributed by atoms with Gasteiger partial charge in [0.15, 0.2) is 0 Å². The summed E-state index contributed by atoms with van der Waals surface area (Å²) in [6, 6.07) is 19.6. The Hall–Kier alpha value is -3.39. The number of ether oxygens (including phenoxy) is 1. The van der Waals surface area contributed by atoms with Crippen LogP contribution >= 0.6 is 0 Å². The predicted molar refractivity (Wildman–Crippen MR) is 134 cm³/mol. The normalized spacial score (nSPS) is 14.5. The van der Waals surface area contributed by atoms with Gasteiger partial charge < -0.3 is 9.64 Å². The van der Waals surface area contributed by atoms with E-state index in [0.29, 0.717) is 36.0 Å². The number of benzene rings is 3. The zero-order chi connectivity index (χ0) is 25.0. The van der Waals surface area contributed by atoms with E-state index in [1.54, 1.807) is 53.4 Å². The zero-order valence-corrected chi connectivity index (χ0v) is 20.7. The standard InChI is InChI=1S/C27H29FN2O4S/c1-29(25-8-3-4-9-26(25)34-2)35(32,33)24-12-10-22(11-13-24)27(31)30-16-14-20(15-17-30)18-21-6-5-7-23(28)19-21/h3-13,19-20H,14-18H2,1-2H3. The molecule has 1 saturated heterocycles. The molecule has 1 heterocycles. The molecule has 1 aliphatic rings. The maximum Gasteiger partial charge on any atom is 0.264 e. The van der Waals surface area contributed by atoms with Crippen molar-refractivity contribution < 1.29 is 22.3 Å². The maximum atomic E-state index is 13.4. The molecule has 184 valence electrons. The number of nitrogens with zero attached hydrogens (tertiary/aromatic N) is 2. The number of carbonyl (C=O) groups is 1. The van der Waals surface area contributed by atoms with Gasteiger partial charge in [0.1, 0.15) is 11.6 Å². The molecule has 0 aromatic heterocycles. The summed E-state index contributed by atoms with van der Waals surface area (Å²) in [5, 5.41) is 0. The largest absolute Gasteiger partial charge is 0.495 e. The first-order valence-electron chi connectivity index (χ1n) is 11.6. The highest BCUT2D eigenvalue weighted by Gasteiger charge is 2.26. The van der Waals surface area contributed by atoms with Crippen LogP contribution in [0.1, 0.15) is 28.8 Å². The molecule has 3 aromatic rings. The van der Waals surface area contributed by atoms with Crippen molar-refractivity contribution in [2.45, 2.75) is 24.2 Å². The van der Waals surface area contributed by atoms with Crippen LogP contribution < -0.4 is 9.04 Å². The summed E-state index contributed by atoms with van der Waals surface area (Å²) in [5.41, 5.74) is 1.86. The molecule has 35 heavy (non-hydrogen) atoms. The minimum atomic E-state index is -3.83. The van der Waals surface area contributed by atoms with Crippen LogP contribution in [0.3, 0.4) is 0 Å². The molecule has 6 nitrogen and oxygen atoms in total. The monoisotopic (exact) mass is 496 g/mol. The summed E-state index contributed by atoms with van der Waals surface area (Å²) in [6.45, 7) is 1.24. The minimum Gasteiger partial charge on any atom is -0.495 e. The quantitative estimate of drug-likeness (QED) is 0.473. The Balaban J connectivity index is 1.40. The lowest BCUT2D eigenvalue weighted by atomic mass is 9.90. The number of sulfonamides is 1. The number of halogens is 1. The Morgan fingerprint density at radius 3 is 2.37 bits per heavy atom. The molecule has 1 aliphatic heterocycles. The number of amides is 1. The van der Waals surface area contributed by atoms with Crippen LogP contribution in [-0.4, -0.2) is 46.5 Å². The van der Waals surface area contributed by atoms with Gasteiger partial charge >= 0.3 is 0 Å². The van der Waals surface area contributed by atoms with Gasteiger partial charge in [-0.3, -0.25) is 9.10 Å². The fraction of sp³-hybridized carbons (Fsp3) is 0.296. The van der Waals surface area contributed by atoms with E-state index < -0.39 is 10.0 Å². The highest BCUT2D eigenvalue weighted by molar-refractivity contribution is 7.92. The number of carbonyl (C=O) groups excluding carboxylic acids is 1. The molecule has 1 amide bonds. The number of para-hydroxylation sites is 2. The van der Waals surface area contributed by atoms with E-state index in [2.05, 4.69) is 0 Å². The van der Waals surface area contributed by atoms with E-state index in [1.807, 2.05) is 6.07 Å². The van der Waals surface area contributed by atoms with Gasteiger partial charge in [-0.2, -0.15) is 0 Å². The Morgan fingerprint density at radius 1 is 1.03 bits per heavy atom. The molecular formula is C27H29FN2O4S. The van der Waals surface area contributed by atoms with Crippen molar-refractivity contribution in [3.63, 3.8) is 0 Å². The molecule has 4 rings (SSSR count). The van der Waals surface area contributed by atoms with Crippen LogP contribution in [-0.2, 0) is 16.4 Å². The molecular weight excluding hydrogens is 467 g/mol. The van der Waals surface area contributed by atoms with E-state index >= 15 is 0 Å². The average Bonchev–Trinajstić information content (AvgIpc) is 2.88. The molecule has 8 heteroatoms. The van der Waals surface area contributed by atoms with E-state index in [0.717, 1.165) is 24.8 Å². The molecule has 0 N–H and O–H groups in total. The third-order valence-electron chi connectivity index (χ3n) is 6.50. The molecule has 0 radical (unpaired) electrons. The van der Waals surface area contributed by atoms with Gasteiger partial charge in [-0.1, -0.05) is 24.3 Å². The highest BCUT2D eigenvalue weighted by atomic mass is 32.2. The third-order valence-corrected chi connectivity index (χ3v) is 8.28. The lowest BCUT2D eigenvalue weighted by Gasteiger charge is -2.32. The van der Waals surface area contributed by atoms with Crippen LogP contribution in [0.15, 0.2) is 77.7 Å². The smallest absolute Gasteiger partial charge is 0.264 e. The van der Waals surface area contributed by atoms with Crippen molar-refractivity contribution >= 4 is 21.6 Å². The van der Waals surface area contributed by atoms with Crippen LogP contribution in [0.2, 0.25) is 0 Å². The Bertz CT molecular complexity index is 1290. The third kappa shape index (κ3) is 5.48. The summed E-state index contributed by atoms with van der Waals surface area (Å²) >= 11 is 0. The number of piperidine rings is 1. The van der Waals surface area contributed by atoms with Gasteiger partial charge in [-0.25, -0.2) is 12.8 Å². The molecule has 3 aromatic carbocycles. The molecule has 1 fully saturated rings. The van der Waals surface area contributed by atoms with Gasteiger partial charge in [-0.05, 0) is 79.3 Å². The maximum absolute atomic E-state index is 13.4. The second-order valence-corrected chi connectivity index (χ2v) is 10.7. The average molecular weight is 497 g/mol. The lowest BCUT2D eigenvalue weighted by Crippen LogP contribution is -2.39. The predicted octanol–water partition coefficient (Wildman–Crippen LogP) is 4.75. The van der Waals surface area contributed by atoms with Crippen LogP contribution in [0.4, 0.5) is 10.1 Å². The summed E-state index contributed by atoms with van der Waals surface area (Å²) in [7, 11) is -0.868. The molecule has 0 bridgehead atoms. The fourth-order valence-corrected chi connectivity index (χ4v) is 5.67. The fourth-order valence-electron chi connectivity index (χ4n) is 4.47. The number of hydrogen-bond donors (Lipinski definition) is 0. The number of rotatable bonds is 7. The topological polar surface area (TPSA) is 66.9 Å². The summed E-state index contributed by atoms with van der Waals surface area (Å²) in [4.78, 5) is 14.9. The Labute approximate surface area is 206 Å². The van der Waals surface area contributed by atoms with E-state index in [9.17, 15) is 17.6 Å². The van der Waals surface area contributed by atoms with Crippen molar-refractivity contribution in [3.05, 3.63) is 89.7 Å². The van der Waals surface area contributed by atoms with E-state index in [-0.39, 0.29) is 16.6 Å². The Kier molecular flexibility index (Phi) is 7.40. The Morgan fingerprint density at radius 2 is 1.71 bits per heavy atom. The first kappa shape index (κ1) is 24.7. The number of likely N-dealkylation sites (tertiary alicyclic amines) is 1. The van der Waals surface area contributed by atoms with Gasteiger partial charge in [0.25, 0.3) is 15.9 Å². The van der Waals surface area contributed by atoms with E-state index in [1.165, 1.54) is 36.7 Å². The minimum absolute atomic E-state index is 0.0938. The molecule has 0 unspecified atom stereocenters. The van der Waals surface area contributed by atoms with Crippen molar-refractivity contribution in [1.29, 1.82) is 0 Å². The van der Waals surface area contributed by atoms with Gasteiger partial charge in [-0.15, -0.1) is 0 Å². The van der Waals surface area contributed by atoms with Gasteiger partial charge in [0, 0.05) is 25.7 Å². The summed E-state index contributed by atoms with van der Waals surface area (Å²) in [6.07, 6.45) is 2.49. The van der Waals surface area contributed by atoms with E-state index in [4.69, 9.17) is 4.74 Å². The SMILES string of the molecule is COc1ccccc1N(C)S(=O)(=O)c1ccc(C(=O)N2CCC(Cc3cccc(F)c3)CC2)cc1. The van der Waals surface area contributed by atoms with Crippen molar-refractivity contribution in [1.82, 2.24) is 4.90 Å². The molecule has 0 aliphatic carbocycles. The zero-order valence-electron chi connectivity index (χ0n) is 19.9. The first-order chi connectivity index (χ1) is 16.8. The summed E-state index contributed by atoms with van der Waals surface area (Å²) in [5.74, 6) is 0.510. The van der Waals surface area contributed by atoms with Gasteiger partial charge in [0.05, 0.1) is 17.7 Å². The van der Waals surface area contributed by atoms with Crippen LogP contribution in [0, 0.1) is 11.7 Å². The van der Waals surface area contributed by atoms with Crippen LogP contribution in [0.5, 0.6) is 5.75 Å². The lowest BCUT2D eigenvalue weighted by molar-refractivity contribution is 0.0690. The second-order valence-electron chi connectivity index (χ2n) is 8.74. The number of anilines is 1. The van der Waals surface area contributed by atoms with Gasteiger partial charge in [0.2, 0.25) is 0 Å². The number of hydrogen-bond acceptors (Lipinski definition) is 4. The number of methoxy groups -OCH3 is 1. The van der Waals surface area contributed by atoms with Crippen molar-refractivity contribution in [3.8, 4) is 5.75 Å². The first-order valence-corrected chi connectivity index (χ1v) is 13.0. The molecule has 0 saturated carbocycles.